The van der Waals surface area contributed by atoms with E-state index in [2.05, 4.69) is 5.10 Å². The van der Waals surface area contributed by atoms with Crippen LogP contribution in [0, 0.1) is 0 Å². The first-order valence-corrected chi connectivity index (χ1v) is 9.13. The maximum Gasteiger partial charge on any atom is 0.281 e. The van der Waals surface area contributed by atoms with Crippen molar-refractivity contribution >= 4 is 28.9 Å². The van der Waals surface area contributed by atoms with Crippen LogP contribution in [0.3, 0.4) is 0 Å². The predicted molar refractivity (Wildman–Crippen MR) is 109 cm³/mol. The summed E-state index contributed by atoms with van der Waals surface area (Å²) in [7, 11) is 0. The second-order valence-corrected chi connectivity index (χ2v) is 6.72. The van der Waals surface area contributed by atoms with Crippen LogP contribution in [0.5, 0.6) is 0 Å². The monoisotopic (exact) mass is 378 g/mol. The summed E-state index contributed by atoms with van der Waals surface area (Å²) < 4.78 is 0. The summed E-state index contributed by atoms with van der Waals surface area (Å²) in [4.78, 5) is 39.5. The van der Waals surface area contributed by atoms with E-state index in [0.29, 0.717) is 28.1 Å². The Labute approximate surface area is 166 Å². The fourth-order valence-corrected chi connectivity index (χ4v) is 3.65. The van der Waals surface area contributed by atoms with Crippen LogP contribution in [-0.4, -0.2) is 23.2 Å². The first-order chi connectivity index (χ1) is 14.2. The Bertz CT molecular complexity index is 1200. The van der Waals surface area contributed by atoms with Crippen LogP contribution in [0.2, 0.25) is 0 Å². The summed E-state index contributed by atoms with van der Waals surface area (Å²) in [5.41, 5.74) is 2.12. The number of allylic oxidation sites excluding steroid dienone is 1. The van der Waals surface area contributed by atoms with Crippen LogP contribution < -0.4 is 5.01 Å². The van der Waals surface area contributed by atoms with Crippen molar-refractivity contribution in [2.24, 2.45) is 5.10 Å². The van der Waals surface area contributed by atoms with Crippen molar-refractivity contribution in [3.8, 4) is 0 Å². The zero-order chi connectivity index (χ0) is 20.0. The van der Waals surface area contributed by atoms with Crippen molar-refractivity contribution in [3.05, 3.63) is 113 Å². The number of ketones is 2. The maximum atomic E-state index is 13.4. The second-order valence-electron chi connectivity index (χ2n) is 6.72. The molecule has 2 aliphatic rings. The number of anilines is 1. The van der Waals surface area contributed by atoms with Gasteiger partial charge in [-0.25, -0.2) is 0 Å². The topological polar surface area (TPSA) is 66.8 Å². The fourth-order valence-electron chi connectivity index (χ4n) is 3.65. The highest BCUT2D eigenvalue weighted by atomic mass is 16.2. The number of Topliss-reactive ketones (excluding diaryl/α,β-unsaturated/α-hetero) is 2. The molecule has 29 heavy (non-hydrogen) atoms. The quantitative estimate of drug-likeness (QED) is 0.503. The molecule has 5 heteroatoms. The van der Waals surface area contributed by atoms with Gasteiger partial charge < -0.3 is 0 Å². The number of hydrogen-bond donors (Lipinski definition) is 0. The number of benzene rings is 3. The van der Waals surface area contributed by atoms with Gasteiger partial charge in [0.15, 0.2) is 11.6 Å². The molecule has 0 radical (unpaired) electrons. The maximum absolute atomic E-state index is 13.4. The molecule has 3 aromatic carbocycles. The first-order valence-electron chi connectivity index (χ1n) is 9.13. The third kappa shape index (κ3) is 2.56. The number of carbonyl (C=O) groups is 3. The van der Waals surface area contributed by atoms with Crippen LogP contribution in [-0.2, 0) is 4.79 Å². The third-order valence-electron chi connectivity index (χ3n) is 5.01. The van der Waals surface area contributed by atoms with Gasteiger partial charge in [-0.3, -0.25) is 14.4 Å². The van der Waals surface area contributed by atoms with Crippen molar-refractivity contribution in [1.82, 2.24) is 0 Å². The van der Waals surface area contributed by atoms with Gasteiger partial charge in [0.1, 0.15) is 5.71 Å². The molecule has 0 N–H and O–H groups in total. The van der Waals surface area contributed by atoms with Gasteiger partial charge in [0.2, 0.25) is 0 Å². The van der Waals surface area contributed by atoms with E-state index >= 15 is 0 Å². The average Bonchev–Trinajstić information content (AvgIpc) is 3.23. The lowest BCUT2D eigenvalue weighted by Gasteiger charge is -2.11. The van der Waals surface area contributed by atoms with Gasteiger partial charge in [0.25, 0.3) is 5.91 Å². The van der Waals surface area contributed by atoms with E-state index < -0.39 is 17.5 Å². The van der Waals surface area contributed by atoms with Crippen molar-refractivity contribution < 1.29 is 14.4 Å². The molecule has 0 atom stereocenters. The molecule has 1 aliphatic carbocycles. The number of nitrogens with zero attached hydrogens (tertiary/aromatic N) is 2. The van der Waals surface area contributed by atoms with Gasteiger partial charge in [0.05, 0.1) is 16.8 Å². The Morgan fingerprint density at radius 1 is 0.586 bits per heavy atom. The number of fused-ring (bicyclic) bond motifs is 1. The van der Waals surface area contributed by atoms with Gasteiger partial charge in [-0.05, 0) is 12.1 Å². The molecule has 5 rings (SSSR count). The van der Waals surface area contributed by atoms with E-state index in [0.717, 1.165) is 0 Å². The van der Waals surface area contributed by atoms with Crippen LogP contribution in [0.15, 0.2) is 101 Å². The van der Waals surface area contributed by atoms with Gasteiger partial charge in [-0.1, -0.05) is 72.8 Å². The van der Waals surface area contributed by atoms with Gasteiger partial charge in [0, 0.05) is 16.7 Å². The lowest BCUT2D eigenvalue weighted by atomic mass is 9.95. The van der Waals surface area contributed by atoms with E-state index in [9.17, 15) is 14.4 Å². The Morgan fingerprint density at radius 3 is 1.69 bits per heavy atom. The number of para-hydroxylation sites is 1. The Balaban J connectivity index is 1.75. The number of carbonyl (C=O) groups excluding carboxylic acids is 3. The molecule has 1 amide bonds. The molecule has 5 nitrogen and oxygen atoms in total. The molecule has 1 aliphatic heterocycles. The predicted octanol–water partition coefficient (Wildman–Crippen LogP) is 3.81. The molecule has 138 valence electrons. The van der Waals surface area contributed by atoms with Gasteiger partial charge >= 0.3 is 0 Å². The lowest BCUT2D eigenvalue weighted by molar-refractivity contribution is -0.114. The Kier molecular flexibility index (Phi) is 3.81. The average molecular weight is 378 g/mol. The normalized spacial score (nSPS) is 15.8. The van der Waals surface area contributed by atoms with Crippen LogP contribution in [0.25, 0.3) is 0 Å². The summed E-state index contributed by atoms with van der Waals surface area (Å²) in [6.07, 6.45) is 0. The summed E-state index contributed by atoms with van der Waals surface area (Å²) in [5.74, 6) is -1.36. The SMILES string of the molecule is O=C1C(=C2C(=O)N(c3ccccc3)N=C2c2ccccc2)C(=O)c2ccccc21. The van der Waals surface area contributed by atoms with Crippen LogP contribution >= 0.6 is 0 Å². The van der Waals surface area contributed by atoms with Crippen LogP contribution in [0.1, 0.15) is 26.3 Å². The molecule has 0 spiro atoms. The summed E-state index contributed by atoms with van der Waals surface area (Å²) in [5, 5.41) is 5.75. The number of rotatable bonds is 2. The summed E-state index contributed by atoms with van der Waals surface area (Å²) in [6, 6.07) is 24.7. The highest BCUT2D eigenvalue weighted by molar-refractivity contribution is 6.48. The third-order valence-corrected chi connectivity index (χ3v) is 5.01. The van der Waals surface area contributed by atoms with E-state index in [1.807, 2.05) is 24.3 Å². The molecule has 3 aromatic rings. The zero-order valence-corrected chi connectivity index (χ0v) is 15.2. The van der Waals surface area contributed by atoms with Gasteiger partial charge in [-0.2, -0.15) is 10.1 Å². The fraction of sp³-hybridized carbons (Fsp3) is 0. The van der Waals surface area contributed by atoms with Crippen molar-refractivity contribution in [2.75, 3.05) is 5.01 Å². The largest absolute Gasteiger partial charge is 0.288 e. The molecular formula is C24H14N2O3. The minimum atomic E-state index is -0.487. The smallest absolute Gasteiger partial charge is 0.281 e. The van der Waals surface area contributed by atoms with Crippen molar-refractivity contribution in [3.63, 3.8) is 0 Å². The first kappa shape index (κ1) is 17.0. The second kappa shape index (κ2) is 6.49. The number of amides is 1. The molecule has 0 saturated heterocycles. The minimum absolute atomic E-state index is 0.0475. The van der Waals surface area contributed by atoms with E-state index in [-0.39, 0.29) is 11.1 Å². The van der Waals surface area contributed by atoms with E-state index in [1.165, 1.54) is 5.01 Å². The highest BCUT2D eigenvalue weighted by Gasteiger charge is 2.43. The van der Waals surface area contributed by atoms with Crippen molar-refractivity contribution in [1.29, 1.82) is 0 Å². The van der Waals surface area contributed by atoms with Crippen molar-refractivity contribution in [2.45, 2.75) is 0 Å². The minimum Gasteiger partial charge on any atom is -0.288 e. The van der Waals surface area contributed by atoms with Gasteiger partial charge in [-0.15, -0.1) is 0 Å². The Hall–Kier alpha value is -4.12. The molecule has 0 bridgehead atoms. The number of hydrazone groups is 1. The number of hydrogen-bond acceptors (Lipinski definition) is 4. The standard InChI is InChI=1S/C24H14N2O3/c27-22-17-13-7-8-14-18(17)23(28)20(22)19-21(15-9-3-1-4-10-15)25-26(24(19)29)16-11-5-2-6-12-16/h1-14H. The lowest BCUT2D eigenvalue weighted by Crippen LogP contribution is -2.24. The highest BCUT2D eigenvalue weighted by Crippen LogP contribution is 2.34. The molecule has 0 saturated carbocycles. The zero-order valence-electron chi connectivity index (χ0n) is 15.2. The molecule has 0 unspecified atom stereocenters. The molecule has 0 aromatic heterocycles. The molecule has 1 heterocycles. The van der Waals surface area contributed by atoms with E-state index in [1.54, 1.807) is 60.7 Å². The molecule has 0 fully saturated rings. The summed E-state index contributed by atoms with van der Waals surface area (Å²) in [6.45, 7) is 0. The molecular weight excluding hydrogens is 364 g/mol. The Morgan fingerprint density at radius 2 is 1.10 bits per heavy atom. The van der Waals surface area contributed by atoms with Crippen LogP contribution in [0.4, 0.5) is 5.69 Å². The van der Waals surface area contributed by atoms with E-state index in [4.69, 9.17) is 0 Å². The summed E-state index contributed by atoms with van der Waals surface area (Å²) >= 11 is 0.